The molecule has 1 aliphatic rings. The molecule has 1 aromatic heterocycles. The molecular formula is C36H31FN2. The van der Waals surface area contributed by atoms with E-state index in [1.807, 2.05) is 18.3 Å². The summed E-state index contributed by atoms with van der Waals surface area (Å²) in [6, 6.07) is 38.3. The first kappa shape index (κ1) is 24.8. The largest absolute Gasteiger partial charge is 0.398 e. The quantitative estimate of drug-likeness (QED) is 0.186. The van der Waals surface area contributed by atoms with E-state index in [2.05, 4.69) is 84.7 Å². The number of anilines is 1. The van der Waals surface area contributed by atoms with E-state index in [4.69, 9.17) is 5.73 Å². The lowest BCUT2D eigenvalue weighted by atomic mass is 9.72. The van der Waals surface area contributed by atoms with Crippen molar-refractivity contribution in [3.8, 4) is 11.3 Å². The van der Waals surface area contributed by atoms with Crippen LogP contribution in [0.2, 0.25) is 0 Å². The van der Waals surface area contributed by atoms with Gasteiger partial charge in [0.1, 0.15) is 5.82 Å². The van der Waals surface area contributed by atoms with Gasteiger partial charge in [-0.3, -0.25) is 4.98 Å². The van der Waals surface area contributed by atoms with E-state index < -0.39 is 0 Å². The van der Waals surface area contributed by atoms with Crippen molar-refractivity contribution < 1.29 is 4.39 Å². The summed E-state index contributed by atoms with van der Waals surface area (Å²) in [6.07, 6.45) is 4.15. The summed E-state index contributed by atoms with van der Waals surface area (Å²) >= 11 is 0. The highest BCUT2D eigenvalue weighted by Crippen LogP contribution is 2.45. The molecule has 0 radical (unpaired) electrons. The number of nitrogens with two attached hydrogens (primary N) is 1. The molecule has 0 spiro atoms. The molecule has 6 aromatic rings. The first-order valence-corrected chi connectivity index (χ1v) is 13.5. The van der Waals surface area contributed by atoms with Gasteiger partial charge in [-0.15, -0.1) is 0 Å². The second-order valence-electron chi connectivity index (χ2n) is 10.4. The summed E-state index contributed by atoms with van der Waals surface area (Å²) in [5.41, 5.74) is 13.7. The normalized spacial score (nSPS) is 16.4. The van der Waals surface area contributed by atoms with Gasteiger partial charge in [0, 0.05) is 28.8 Å². The van der Waals surface area contributed by atoms with E-state index in [9.17, 15) is 4.39 Å². The maximum absolute atomic E-state index is 11.9. The number of fused-ring (bicyclic) bond motifs is 5. The van der Waals surface area contributed by atoms with Crippen LogP contribution in [-0.2, 0) is 6.42 Å². The van der Waals surface area contributed by atoms with Gasteiger partial charge in [-0.2, -0.15) is 0 Å². The molecule has 3 heteroatoms. The molecule has 2 nitrogen and oxygen atoms in total. The van der Waals surface area contributed by atoms with Crippen molar-refractivity contribution in [1.29, 1.82) is 0 Å². The van der Waals surface area contributed by atoms with E-state index in [1.165, 1.54) is 50.5 Å². The molecule has 0 saturated carbocycles. The number of nitrogens with zero attached hydrogens (tertiary/aromatic N) is 1. The molecule has 192 valence electrons. The summed E-state index contributed by atoms with van der Waals surface area (Å²) in [5, 5.41) is 5.06. The van der Waals surface area contributed by atoms with Crippen molar-refractivity contribution in [2.24, 2.45) is 5.92 Å². The van der Waals surface area contributed by atoms with Crippen LogP contribution < -0.4 is 5.73 Å². The molecular weight excluding hydrogens is 479 g/mol. The molecule has 39 heavy (non-hydrogen) atoms. The average Bonchev–Trinajstić information content (AvgIpc) is 2.98. The number of nitrogen functional groups attached to an aromatic ring is 1. The van der Waals surface area contributed by atoms with Crippen LogP contribution >= 0.6 is 0 Å². The number of hydrogen-bond acceptors (Lipinski definition) is 2. The summed E-state index contributed by atoms with van der Waals surface area (Å²) in [4.78, 5) is 4.66. The summed E-state index contributed by atoms with van der Waals surface area (Å²) < 4.78 is 11.9. The Labute approximate surface area is 229 Å². The fraction of sp³-hybridized carbons (Fsp3) is 0.139. The van der Waals surface area contributed by atoms with Gasteiger partial charge in [0.05, 0.1) is 5.69 Å². The fourth-order valence-corrected chi connectivity index (χ4v) is 6.06. The molecule has 0 bridgehead atoms. The summed E-state index contributed by atoms with van der Waals surface area (Å²) in [5.74, 6) is 0.807. The molecule has 1 aliphatic carbocycles. The van der Waals surface area contributed by atoms with E-state index in [1.54, 1.807) is 18.2 Å². The number of hydrogen-bond donors (Lipinski definition) is 1. The number of halogens is 1. The highest BCUT2D eigenvalue weighted by atomic mass is 19.1. The van der Waals surface area contributed by atoms with Crippen LogP contribution in [-0.4, -0.2) is 4.98 Å². The molecule has 0 saturated heterocycles. The van der Waals surface area contributed by atoms with E-state index in [-0.39, 0.29) is 5.82 Å². The van der Waals surface area contributed by atoms with Crippen LogP contribution in [0.3, 0.4) is 0 Å². The Kier molecular flexibility index (Phi) is 6.81. The van der Waals surface area contributed by atoms with Crippen LogP contribution in [0.15, 0.2) is 121 Å². The van der Waals surface area contributed by atoms with Gasteiger partial charge < -0.3 is 5.73 Å². The first-order valence-electron chi connectivity index (χ1n) is 13.5. The van der Waals surface area contributed by atoms with Crippen molar-refractivity contribution in [3.05, 3.63) is 144 Å². The topological polar surface area (TPSA) is 38.9 Å². The Morgan fingerprint density at radius 2 is 1.38 bits per heavy atom. The minimum atomic E-state index is -0.178. The zero-order valence-corrected chi connectivity index (χ0v) is 22.0. The minimum absolute atomic E-state index is 0.178. The Bertz CT molecular complexity index is 1750. The highest BCUT2D eigenvalue weighted by Gasteiger charge is 2.29. The van der Waals surface area contributed by atoms with E-state index >= 15 is 0 Å². The number of benzene rings is 5. The van der Waals surface area contributed by atoms with Gasteiger partial charge in [-0.25, -0.2) is 4.39 Å². The smallest absolute Gasteiger partial charge is 0.123 e. The molecule has 0 amide bonds. The standard InChI is InChI=1S/C30H26N2.C6H5F/c1-19-17-27(21-7-2-3-8-26(21)30-11-4-5-16-32-30)24-13-12-22-20-9-6-10-29(31)25(20)15-14-23(22)28(24)18-19;7-6-4-2-1-3-5-6/h2-16,19,27H,17-18,31H2,1H3;1-5H. The monoisotopic (exact) mass is 510 g/mol. The molecule has 2 unspecified atom stereocenters. The third-order valence-corrected chi connectivity index (χ3v) is 7.82. The lowest BCUT2D eigenvalue weighted by Crippen LogP contribution is -2.18. The Hall–Kier alpha value is -4.50. The van der Waals surface area contributed by atoms with Crippen molar-refractivity contribution in [1.82, 2.24) is 4.98 Å². The predicted octanol–water partition coefficient (Wildman–Crippen LogP) is 9.18. The van der Waals surface area contributed by atoms with Crippen LogP contribution in [0.4, 0.5) is 10.1 Å². The zero-order chi connectivity index (χ0) is 26.8. The van der Waals surface area contributed by atoms with Crippen LogP contribution in [0.1, 0.15) is 36.0 Å². The minimum Gasteiger partial charge on any atom is -0.398 e. The van der Waals surface area contributed by atoms with Gasteiger partial charge in [-0.1, -0.05) is 91.9 Å². The molecule has 2 atom stereocenters. The summed E-state index contributed by atoms with van der Waals surface area (Å²) in [6.45, 7) is 2.39. The lowest BCUT2D eigenvalue weighted by Gasteiger charge is -2.32. The van der Waals surface area contributed by atoms with Gasteiger partial charge in [0.25, 0.3) is 0 Å². The Balaban J connectivity index is 0.000000346. The summed E-state index contributed by atoms with van der Waals surface area (Å²) in [7, 11) is 0. The lowest BCUT2D eigenvalue weighted by molar-refractivity contribution is 0.467. The number of rotatable bonds is 2. The third kappa shape index (κ3) is 4.88. The second kappa shape index (κ2) is 10.7. The van der Waals surface area contributed by atoms with Crippen LogP contribution in [0.25, 0.3) is 32.8 Å². The highest BCUT2D eigenvalue weighted by molar-refractivity contribution is 6.12. The van der Waals surface area contributed by atoms with Crippen molar-refractivity contribution in [2.45, 2.75) is 25.7 Å². The molecule has 5 aromatic carbocycles. The maximum Gasteiger partial charge on any atom is 0.123 e. The second-order valence-corrected chi connectivity index (χ2v) is 10.4. The molecule has 7 rings (SSSR count). The fourth-order valence-electron chi connectivity index (χ4n) is 6.06. The Morgan fingerprint density at radius 3 is 2.15 bits per heavy atom. The number of aromatic nitrogens is 1. The first-order chi connectivity index (χ1) is 19.1. The van der Waals surface area contributed by atoms with Crippen LogP contribution in [0.5, 0.6) is 0 Å². The SMILES string of the molecule is CC1Cc2c(ccc3c2ccc2c(N)cccc23)C(c2ccccc2-c2ccccn2)C1.Fc1ccccc1. The average molecular weight is 511 g/mol. The van der Waals surface area contributed by atoms with E-state index in [0.717, 1.165) is 29.6 Å². The van der Waals surface area contributed by atoms with Crippen molar-refractivity contribution in [2.75, 3.05) is 5.73 Å². The Morgan fingerprint density at radius 1 is 0.667 bits per heavy atom. The maximum atomic E-state index is 11.9. The predicted molar refractivity (Wildman–Crippen MR) is 161 cm³/mol. The molecule has 1 heterocycles. The van der Waals surface area contributed by atoms with Gasteiger partial charge in [-0.05, 0) is 81.9 Å². The van der Waals surface area contributed by atoms with Crippen molar-refractivity contribution in [3.63, 3.8) is 0 Å². The van der Waals surface area contributed by atoms with Crippen molar-refractivity contribution >= 4 is 27.2 Å². The third-order valence-electron chi connectivity index (χ3n) is 7.82. The molecule has 2 N–H and O–H groups in total. The number of pyridine rings is 1. The van der Waals surface area contributed by atoms with E-state index in [0.29, 0.717) is 11.8 Å². The van der Waals surface area contributed by atoms with Crippen LogP contribution in [0, 0.1) is 11.7 Å². The van der Waals surface area contributed by atoms with Gasteiger partial charge >= 0.3 is 0 Å². The van der Waals surface area contributed by atoms with Gasteiger partial charge in [0.15, 0.2) is 0 Å². The molecule has 0 fully saturated rings. The molecule has 0 aliphatic heterocycles. The zero-order valence-electron chi connectivity index (χ0n) is 22.0. The van der Waals surface area contributed by atoms with Gasteiger partial charge in [0.2, 0.25) is 0 Å².